The molecule has 0 saturated heterocycles. The molecule has 16 heavy (non-hydrogen) atoms. The monoisotopic (exact) mass is 222 g/mol. The molecule has 1 heterocycles. The topological polar surface area (TPSA) is 80.1 Å². The molecule has 2 aliphatic carbocycles. The molecule has 2 aliphatic rings. The minimum atomic E-state index is -0.159. The van der Waals surface area contributed by atoms with E-state index in [9.17, 15) is 4.79 Å². The Bertz CT molecular complexity index is 395. The average Bonchev–Trinajstić information content (AvgIpc) is 3.18. The van der Waals surface area contributed by atoms with Gasteiger partial charge in [0.15, 0.2) is 5.82 Å². The normalized spacial score (nSPS) is 19.5. The highest BCUT2D eigenvalue weighted by molar-refractivity contribution is 5.74. The molecule has 0 bridgehead atoms. The first-order chi connectivity index (χ1) is 7.81. The van der Waals surface area contributed by atoms with Gasteiger partial charge in [0.2, 0.25) is 5.89 Å². The van der Waals surface area contributed by atoms with Gasteiger partial charge in [0.05, 0.1) is 6.54 Å². The summed E-state index contributed by atoms with van der Waals surface area (Å²) in [6.07, 6.45) is 4.46. The van der Waals surface area contributed by atoms with E-state index in [1.165, 1.54) is 0 Å². The molecule has 0 radical (unpaired) electrons. The van der Waals surface area contributed by atoms with Gasteiger partial charge in [-0.15, -0.1) is 0 Å². The standard InChI is InChI=1S/C10H14N4O2/c15-10(12-7-3-4-7)11-5-8-13-9(14-16-8)6-1-2-6/h6-7H,1-5H2,(H2,11,12,15). The maximum atomic E-state index is 11.3. The lowest BCUT2D eigenvalue weighted by molar-refractivity contribution is 0.238. The van der Waals surface area contributed by atoms with E-state index in [0.717, 1.165) is 31.5 Å². The fourth-order valence-corrected chi connectivity index (χ4v) is 1.47. The van der Waals surface area contributed by atoms with Crippen LogP contribution < -0.4 is 10.6 Å². The lowest BCUT2D eigenvalue weighted by Gasteiger charge is -2.02. The molecule has 0 atom stereocenters. The second-order valence-electron chi connectivity index (χ2n) is 4.42. The largest absolute Gasteiger partial charge is 0.337 e. The van der Waals surface area contributed by atoms with Crippen LogP contribution in [0, 0.1) is 0 Å². The fraction of sp³-hybridized carbons (Fsp3) is 0.700. The first-order valence-electron chi connectivity index (χ1n) is 5.68. The molecule has 0 aliphatic heterocycles. The van der Waals surface area contributed by atoms with Crippen molar-refractivity contribution in [1.29, 1.82) is 0 Å². The number of hydrogen-bond donors (Lipinski definition) is 2. The van der Waals surface area contributed by atoms with Crippen LogP contribution in [0.15, 0.2) is 4.52 Å². The minimum Gasteiger partial charge on any atom is -0.337 e. The maximum absolute atomic E-state index is 11.3. The molecule has 1 aromatic heterocycles. The third kappa shape index (κ3) is 2.32. The Kier molecular flexibility index (Phi) is 2.27. The van der Waals surface area contributed by atoms with Gasteiger partial charge in [-0.1, -0.05) is 5.16 Å². The molecule has 0 unspecified atom stereocenters. The van der Waals surface area contributed by atoms with Crippen molar-refractivity contribution in [3.8, 4) is 0 Å². The van der Waals surface area contributed by atoms with Gasteiger partial charge < -0.3 is 15.2 Å². The molecule has 2 N–H and O–H groups in total. The second-order valence-corrected chi connectivity index (χ2v) is 4.42. The summed E-state index contributed by atoms with van der Waals surface area (Å²) in [6, 6.07) is 0.207. The highest BCUT2D eigenvalue weighted by atomic mass is 16.5. The third-order valence-electron chi connectivity index (χ3n) is 2.74. The summed E-state index contributed by atoms with van der Waals surface area (Å²) < 4.78 is 5.03. The van der Waals surface area contributed by atoms with Crippen molar-refractivity contribution >= 4 is 6.03 Å². The van der Waals surface area contributed by atoms with E-state index in [0.29, 0.717) is 24.4 Å². The summed E-state index contributed by atoms with van der Waals surface area (Å²) in [5.41, 5.74) is 0. The van der Waals surface area contributed by atoms with Gasteiger partial charge in [0.25, 0.3) is 0 Å². The molecular formula is C10H14N4O2. The Labute approximate surface area is 92.8 Å². The third-order valence-corrected chi connectivity index (χ3v) is 2.74. The van der Waals surface area contributed by atoms with Crippen molar-refractivity contribution in [2.24, 2.45) is 0 Å². The maximum Gasteiger partial charge on any atom is 0.315 e. The van der Waals surface area contributed by atoms with Crippen LogP contribution in [0.5, 0.6) is 0 Å². The first-order valence-corrected chi connectivity index (χ1v) is 5.68. The molecule has 2 fully saturated rings. The number of carbonyl (C=O) groups is 1. The van der Waals surface area contributed by atoms with E-state index in [1.54, 1.807) is 0 Å². The summed E-state index contributed by atoms with van der Waals surface area (Å²) in [5, 5.41) is 9.39. The van der Waals surface area contributed by atoms with Crippen molar-refractivity contribution in [2.45, 2.75) is 44.2 Å². The lowest BCUT2D eigenvalue weighted by atomic mass is 10.4. The number of carbonyl (C=O) groups excluding carboxylic acids is 1. The van der Waals surface area contributed by atoms with Crippen molar-refractivity contribution in [1.82, 2.24) is 20.8 Å². The van der Waals surface area contributed by atoms with Crippen LogP contribution in [0.4, 0.5) is 4.79 Å². The van der Waals surface area contributed by atoms with Crippen molar-refractivity contribution in [3.63, 3.8) is 0 Å². The molecular weight excluding hydrogens is 208 g/mol. The van der Waals surface area contributed by atoms with Gasteiger partial charge in [0.1, 0.15) is 0 Å². The Morgan fingerprint density at radius 2 is 2.19 bits per heavy atom. The highest BCUT2D eigenvalue weighted by Gasteiger charge is 2.29. The van der Waals surface area contributed by atoms with Crippen LogP contribution in [0.25, 0.3) is 0 Å². The molecule has 3 rings (SSSR count). The summed E-state index contributed by atoms with van der Waals surface area (Å²) >= 11 is 0. The first kappa shape index (κ1) is 9.62. The van der Waals surface area contributed by atoms with E-state index in [-0.39, 0.29) is 6.03 Å². The van der Waals surface area contributed by atoms with Crippen molar-refractivity contribution < 1.29 is 9.32 Å². The molecule has 86 valence electrons. The van der Waals surface area contributed by atoms with Crippen molar-refractivity contribution in [3.05, 3.63) is 11.7 Å². The number of nitrogens with zero attached hydrogens (tertiary/aromatic N) is 2. The number of amides is 2. The lowest BCUT2D eigenvalue weighted by Crippen LogP contribution is -2.36. The SMILES string of the molecule is O=C(NCc1nc(C2CC2)no1)NC1CC1. The van der Waals surface area contributed by atoms with Crippen LogP contribution in [0.1, 0.15) is 43.3 Å². The number of rotatable bonds is 4. The van der Waals surface area contributed by atoms with Gasteiger partial charge in [0, 0.05) is 12.0 Å². The molecule has 6 nitrogen and oxygen atoms in total. The van der Waals surface area contributed by atoms with Crippen LogP contribution >= 0.6 is 0 Å². The predicted molar refractivity (Wildman–Crippen MR) is 54.7 cm³/mol. The van der Waals surface area contributed by atoms with Gasteiger partial charge in [-0.05, 0) is 25.7 Å². The molecule has 2 amide bonds. The number of aromatic nitrogens is 2. The summed E-state index contributed by atoms with van der Waals surface area (Å²) in [6.45, 7) is 0.304. The molecule has 2 saturated carbocycles. The summed E-state index contributed by atoms with van der Waals surface area (Å²) in [7, 11) is 0. The molecule has 0 aromatic carbocycles. The van der Waals surface area contributed by atoms with E-state index < -0.39 is 0 Å². The zero-order valence-electron chi connectivity index (χ0n) is 8.90. The Balaban J connectivity index is 1.47. The van der Waals surface area contributed by atoms with Crippen LogP contribution in [0.3, 0.4) is 0 Å². The van der Waals surface area contributed by atoms with Crippen LogP contribution in [-0.4, -0.2) is 22.2 Å². The molecule has 0 spiro atoms. The Morgan fingerprint density at radius 1 is 1.38 bits per heavy atom. The van der Waals surface area contributed by atoms with Crippen LogP contribution in [-0.2, 0) is 6.54 Å². The predicted octanol–water partition coefficient (Wildman–Crippen LogP) is 0.909. The number of urea groups is 1. The van der Waals surface area contributed by atoms with Crippen molar-refractivity contribution in [2.75, 3.05) is 0 Å². The van der Waals surface area contributed by atoms with Gasteiger partial charge in [-0.25, -0.2) is 4.79 Å². The number of nitrogens with one attached hydrogen (secondary N) is 2. The van der Waals surface area contributed by atoms with Gasteiger partial charge in [-0.3, -0.25) is 0 Å². The summed E-state index contributed by atoms with van der Waals surface area (Å²) in [4.78, 5) is 15.5. The minimum absolute atomic E-state index is 0.159. The highest BCUT2D eigenvalue weighted by Crippen LogP contribution is 2.37. The Hall–Kier alpha value is -1.59. The summed E-state index contributed by atoms with van der Waals surface area (Å²) in [5.74, 6) is 1.74. The quantitative estimate of drug-likeness (QED) is 0.793. The number of hydrogen-bond acceptors (Lipinski definition) is 4. The second kappa shape index (κ2) is 3.77. The van der Waals surface area contributed by atoms with E-state index in [2.05, 4.69) is 20.8 Å². The zero-order valence-corrected chi connectivity index (χ0v) is 8.90. The van der Waals surface area contributed by atoms with Gasteiger partial charge >= 0.3 is 6.03 Å². The molecule has 6 heteroatoms. The van der Waals surface area contributed by atoms with E-state index in [4.69, 9.17) is 4.52 Å². The average molecular weight is 222 g/mol. The smallest absolute Gasteiger partial charge is 0.315 e. The zero-order chi connectivity index (χ0) is 11.0. The van der Waals surface area contributed by atoms with E-state index in [1.807, 2.05) is 0 Å². The van der Waals surface area contributed by atoms with Gasteiger partial charge in [-0.2, -0.15) is 4.98 Å². The van der Waals surface area contributed by atoms with E-state index >= 15 is 0 Å². The van der Waals surface area contributed by atoms with Crippen LogP contribution in [0.2, 0.25) is 0 Å². The molecule has 1 aromatic rings. The Morgan fingerprint density at radius 3 is 2.88 bits per heavy atom. The fourth-order valence-electron chi connectivity index (χ4n) is 1.47.